The van der Waals surface area contributed by atoms with E-state index in [4.69, 9.17) is 15.0 Å². The molecule has 0 radical (unpaired) electrons. The predicted octanol–water partition coefficient (Wildman–Crippen LogP) is -4.02. The van der Waals surface area contributed by atoms with Crippen molar-refractivity contribution in [3.63, 3.8) is 0 Å². The average Bonchev–Trinajstić information content (AvgIpc) is 0.811. The van der Waals surface area contributed by atoms with Crippen molar-refractivity contribution in [2.45, 2.75) is 0 Å². The molecule has 0 aliphatic carbocycles. The molecule has 0 heterocycles. The average molecular weight is 199 g/mol. The van der Waals surface area contributed by atoms with Gasteiger partial charge in [0.05, 0.1) is 0 Å². The van der Waals surface area contributed by atoms with Crippen LogP contribution in [-0.4, -0.2) is 120 Å². The molecule has 0 aromatic heterocycles. The Morgan fingerprint density at radius 3 is 0.900 bits per heavy atom. The molecule has 0 aromatic carbocycles. The van der Waals surface area contributed by atoms with Gasteiger partial charge in [0.15, 0.2) is 0 Å². The Morgan fingerprint density at radius 1 is 0.900 bits per heavy atom. The number of carbonyl (C=O) groups is 1. The van der Waals surface area contributed by atoms with E-state index in [2.05, 4.69) is 0 Å². The van der Waals surface area contributed by atoms with Crippen LogP contribution in [0.15, 0.2) is 0 Å². The van der Waals surface area contributed by atoms with Crippen molar-refractivity contribution in [3.05, 3.63) is 0 Å². The molecule has 0 atom stereocenters. The van der Waals surface area contributed by atoms with Gasteiger partial charge in [-0.2, -0.15) is 0 Å². The molecule has 0 spiro atoms. The fourth-order valence-corrected chi connectivity index (χ4v) is 0. The molecule has 9 heteroatoms. The van der Waals surface area contributed by atoms with Crippen LogP contribution in [0.25, 0.3) is 0 Å². The second-order valence-electron chi connectivity index (χ2n) is 0.283. The molecule has 0 aliphatic rings. The number of carboxylic acid groups (broad SMARTS) is 2. The Balaban J connectivity index is -0.00000000300. The van der Waals surface area contributed by atoms with E-state index in [9.17, 15) is 0 Å². The Labute approximate surface area is 123 Å². The third-order valence-corrected chi connectivity index (χ3v) is 0. The topological polar surface area (TPSA) is 121 Å². The Morgan fingerprint density at radius 2 is 0.900 bits per heavy atom. The van der Waals surface area contributed by atoms with Gasteiger partial charge >= 0.3 is 98.4 Å². The standard InChI is InChI=1S/CH2O3.4Mg.2H2O.4H/c2-1(3)4;;;;;;;;;;/h(H2,2,3,4);;;;;2*1H2;;;;/q;;;2*+2;;;;;;. The van der Waals surface area contributed by atoms with Crippen molar-refractivity contribution < 1.29 is 26.0 Å². The quantitative estimate of drug-likeness (QED) is 0.386. The van der Waals surface area contributed by atoms with Gasteiger partial charge in [0.1, 0.15) is 0 Å². The first kappa shape index (κ1) is 56.2. The zero-order chi connectivity index (χ0) is 3.58. The maximum atomic E-state index is 8.56. The summed E-state index contributed by atoms with van der Waals surface area (Å²) in [5, 5.41) is 13.9. The minimum absolute atomic E-state index is 0. The van der Waals surface area contributed by atoms with E-state index < -0.39 is 6.16 Å². The van der Waals surface area contributed by atoms with E-state index in [1.54, 1.807) is 0 Å². The molecule has 0 amide bonds. The molecule has 0 rings (SSSR count). The molecular weight excluding hydrogens is 189 g/mol. The third-order valence-electron chi connectivity index (χ3n) is 0. The summed E-state index contributed by atoms with van der Waals surface area (Å²) in [5.41, 5.74) is 0. The zero-order valence-corrected chi connectivity index (χ0v) is 7.05. The molecule has 0 saturated heterocycles. The van der Waals surface area contributed by atoms with Crippen molar-refractivity contribution in [3.8, 4) is 0 Å². The van der Waals surface area contributed by atoms with Crippen LogP contribution < -0.4 is 0 Å². The van der Waals surface area contributed by atoms with Gasteiger partial charge in [0.25, 0.3) is 0 Å². The van der Waals surface area contributed by atoms with Crippen molar-refractivity contribution in [1.29, 1.82) is 0 Å². The maximum absolute atomic E-state index is 8.56. The SMILES string of the molecule is O.O.O=C(O)O.[Mg+2].[Mg+2].[MgH2].[MgH2]. The van der Waals surface area contributed by atoms with E-state index in [0.29, 0.717) is 0 Å². The van der Waals surface area contributed by atoms with Crippen molar-refractivity contribution in [2.24, 2.45) is 0 Å². The first-order chi connectivity index (χ1) is 1.73. The molecular formula is CH10Mg4O5+4. The summed E-state index contributed by atoms with van der Waals surface area (Å²) in [6.07, 6.45) is -1.83. The molecule has 10 heavy (non-hydrogen) atoms. The monoisotopic (exact) mass is 198 g/mol. The van der Waals surface area contributed by atoms with Crippen molar-refractivity contribution in [2.75, 3.05) is 0 Å². The number of hydrogen-bond donors (Lipinski definition) is 2. The van der Waals surface area contributed by atoms with Gasteiger partial charge in [0, 0.05) is 0 Å². The fraction of sp³-hybridized carbons (Fsp3) is 0. The summed E-state index contributed by atoms with van der Waals surface area (Å²) in [4.78, 5) is 8.56. The van der Waals surface area contributed by atoms with Crippen LogP contribution in [0.2, 0.25) is 0 Å². The van der Waals surface area contributed by atoms with Crippen LogP contribution in [0.5, 0.6) is 0 Å². The van der Waals surface area contributed by atoms with Gasteiger partial charge < -0.3 is 21.2 Å². The summed E-state index contributed by atoms with van der Waals surface area (Å²) in [6, 6.07) is 0. The molecule has 5 nitrogen and oxygen atoms in total. The minimum atomic E-state index is -1.83. The summed E-state index contributed by atoms with van der Waals surface area (Å²) in [6.45, 7) is 0. The van der Waals surface area contributed by atoms with Gasteiger partial charge in [-0.05, 0) is 0 Å². The summed E-state index contributed by atoms with van der Waals surface area (Å²) in [7, 11) is 0. The third kappa shape index (κ3) is 173. The molecule has 0 aliphatic heterocycles. The second kappa shape index (κ2) is 42.9. The van der Waals surface area contributed by atoms with E-state index >= 15 is 0 Å². The number of hydrogen-bond acceptors (Lipinski definition) is 1. The summed E-state index contributed by atoms with van der Waals surface area (Å²) < 4.78 is 0. The first-order valence-electron chi connectivity index (χ1n) is 0.651. The van der Waals surface area contributed by atoms with Crippen LogP contribution in [-0.2, 0) is 0 Å². The largest absolute Gasteiger partial charge is 2.00 e. The van der Waals surface area contributed by atoms with Crippen LogP contribution in [0, 0.1) is 0 Å². The molecule has 6 N–H and O–H groups in total. The summed E-state index contributed by atoms with van der Waals surface area (Å²) >= 11 is 0. The van der Waals surface area contributed by atoms with E-state index in [1.165, 1.54) is 0 Å². The van der Waals surface area contributed by atoms with Crippen LogP contribution in [0.1, 0.15) is 0 Å². The maximum Gasteiger partial charge on any atom is 2.00 e. The van der Waals surface area contributed by atoms with E-state index in [-0.39, 0.29) is 103 Å². The number of rotatable bonds is 0. The minimum Gasteiger partial charge on any atom is -0.450 e. The van der Waals surface area contributed by atoms with E-state index in [0.717, 1.165) is 0 Å². The van der Waals surface area contributed by atoms with Gasteiger partial charge in [-0.25, -0.2) is 4.79 Å². The molecule has 0 aromatic rings. The molecule has 0 bridgehead atoms. The Kier molecular flexibility index (Phi) is 241. The predicted molar refractivity (Wildman–Crippen MR) is 46.5 cm³/mol. The van der Waals surface area contributed by atoms with Gasteiger partial charge in [-0.3, -0.25) is 0 Å². The smallest absolute Gasteiger partial charge is 0.450 e. The van der Waals surface area contributed by atoms with Crippen LogP contribution in [0.3, 0.4) is 0 Å². The molecule has 0 unspecified atom stereocenters. The Bertz CT molecular complexity index is 36.6. The summed E-state index contributed by atoms with van der Waals surface area (Å²) in [5.74, 6) is 0. The van der Waals surface area contributed by atoms with Crippen molar-refractivity contribution in [1.82, 2.24) is 0 Å². The molecule has 0 saturated carbocycles. The van der Waals surface area contributed by atoms with Gasteiger partial charge in [-0.15, -0.1) is 0 Å². The molecule has 48 valence electrons. The first-order valence-corrected chi connectivity index (χ1v) is 0.651. The van der Waals surface area contributed by atoms with Crippen LogP contribution in [0.4, 0.5) is 4.79 Å². The fourth-order valence-electron chi connectivity index (χ4n) is 0. The normalized spacial score (nSPS) is 2.40. The van der Waals surface area contributed by atoms with Gasteiger partial charge in [0.2, 0.25) is 0 Å². The Hall–Kier alpha value is 2.25. The van der Waals surface area contributed by atoms with Crippen molar-refractivity contribution >= 4 is 98.4 Å². The van der Waals surface area contributed by atoms with E-state index in [1.807, 2.05) is 0 Å². The van der Waals surface area contributed by atoms with Crippen LogP contribution >= 0.6 is 0 Å². The second-order valence-corrected chi connectivity index (χ2v) is 0.283. The van der Waals surface area contributed by atoms with Gasteiger partial charge in [-0.1, -0.05) is 0 Å². The molecule has 0 fully saturated rings. The zero-order valence-electron chi connectivity index (χ0n) is 4.22.